The van der Waals surface area contributed by atoms with E-state index in [0.29, 0.717) is 5.69 Å². The molecule has 0 aromatic heterocycles. The molecule has 0 saturated carbocycles. The average molecular weight is 210 g/mol. The van der Waals surface area contributed by atoms with Gasteiger partial charge in [-0.05, 0) is 18.2 Å². The Morgan fingerprint density at radius 2 is 2.08 bits per heavy atom. The van der Waals surface area contributed by atoms with Crippen LogP contribution in [0.25, 0.3) is 0 Å². The minimum atomic E-state index is -2.46. The summed E-state index contributed by atoms with van der Waals surface area (Å²) in [4.78, 5) is 0. The molecule has 0 bridgehead atoms. The molecule has 0 fully saturated rings. The van der Waals surface area contributed by atoms with Gasteiger partial charge >= 0.3 is 0 Å². The number of nitrogens with one attached hydrogen (secondary N) is 1. The molecule has 72 valence electrons. The maximum absolute atomic E-state index is 12.5. The Bertz CT molecular complexity index is 291. The predicted octanol–water partition coefficient (Wildman–Crippen LogP) is 3.16. The second kappa shape index (κ2) is 4.37. The van der Waals surface area contributed by atoms with Crippen LogP contribution in [-0.2, 0) is 0 Å². The van der Waals surface area contributed by atoms with Crippen LogP contribution in [0.1, 0.15) is 0 Å². The molecule has 1 aromatic rings. The Balaban J connectivity index is 2.67. The lowest BCUT2D eigenvalue weighted by molar-refractivity contribution is 0.163. The molecule has 0 aliphatic rings. The van der Waals surface area contributed by atoms with Crippen LogP contribution < -0.4 is 5.32 Å². The molecule has 0 aliphatic heterocycles. The van der Waals surface area contributed by atoms with Crippen LogP contribution >= 0.6 is 11.6 Å². The minimum absolute atomic E-state index is 0.0978. The summed E-state index contributed by atoms with van der Waals surface area (Å²) in [6, 6.07) is 3.54. The maximum atomic E-state index is 12.5. The lowest BCUT2D eigenvalue weighted by atomic mass is 10.3. The molecular formula is C8H7ClF3N. The van der Waals surface area contributed by atoms with Crippen LogP contribution in [0.15, 0.2) is 18.2 Å². The van der Waals surface area contributed by atoms with E-state index in [4.69, 9.17) is 11.6 Å². The first kappa shape index (κ1) is 10.2. The molecule has 1 rings (SSSR count). The number of anilines is 1. The number of alkyl halides is 2. The molecule has 0 aliphatic carbocycles. The van der Waals surface area contributed by atoms with Crippen LogP contribution in [0.2, 0.25) is 5.02 Å². The van der Waals surface area contributed by atoms with Crippen molar-refractivity contribution in [3.8, 4) is 0 Å². The molecule has 0 amide bonds. The van der Waals surface area contributed by atoms with Gasteiger partial charge in [0.2, 0.25) is 0 Å². The third-order valence-electron chi connectivity index (χ3n) is 1.38. The zero-order valence-corrected chi connectivity index (χ0v) is 7.28. The van der Waals surface area contributed by atoms with E-state index in [1.54, 1.807) is 0 Å². The SMILES string of the molecule is Fc1ccc(NCC(F)F)c(Cl)c1. The van der Waals surface area contributed by atoms with Crippen LogP contribution in [0.3, 0.4) is 0 Å². The lowest BCUT2D eigenvalue weighted by Gasteiger charge is -2.06. The van der Waals surface area contributed by atoms with Crippen LogP contribution in [0, 0.1) is 5.82 Å². The van der Waals surface area contributed by atoms with Gasteiger partial charge < -0.3 is 5.32 Å². The largest absolute Gasteiger partial charge is 0.378 e. The fourth-order valence-electron chi connectivity index (χ4n) is 0.820. The fourth-order valence-corrected chi connectivity index (χ4v) is 1.05. The van der Waals surface area contributed by atoms with Gasteiger partial charge in [0.25, 0.3) is 6.43 Å². The minimum Gasteiger partial charge on any atom is -0.378 e. The van der Waals surface area contributed by atoms with Crippen molar-refractivity contribution in [2.75, 3.05) is 11.9 Å². The lowest BCUT2D eigenvalue weighted by Crippen LogP contribution is -2.10. The Hall–Kier alpha value is -0.900. The normalized spacial score (nSPS) is 10.5. The van der Waals surface area contributed by atoms with E-state index >= 15 is 0 Å². The summed E-state index contributed by atoms with van der Waals surface area (Å²) < 4.78 is 36.0. The van der Waals surface area contributed by atoms with Crippen molar-refractivity contribution in [1.82, 2.24) is 0 Å². The van der Waals surface area contributed by atoms with Gasteiger partial charge in [-0.15, -0.1) is 0 Å². The molecule has 1 aromatic carbocycles. The topological polar surface area (TPSA) is 12.0 Å². The maximum Gasteiger partial charge on any atom is 0.255 e. The van der Waals surface area contributed by atoms with Gasteiger partial charge in [0.15, 0.2) is 0 Å². The first-order valence-electron chi connectivity index (χ1n) is 3.56. The highest BCUT2D eigenvalue weighted by atomic mass is 35.5. The first-order valence-corrected chi connectivity index (χ1v) is 3.94. The molecule has 0 unspecified atom stereocenters. The van der Waals surface area contributed by atoms with E-state index in [1.165, 1.54) is 6.07 Å². The van der Waals surface area contributed by atoms with Gasteiger partial charge in [-0.1, -0.05) is 11.6 Å². The van der Waals surface area contributed by atoms with Gasteiger partial charge in [-0.3, -0.25) is 0 Å². The van der Waals surface area contributed by atoms with E-state index in [0.717, 1.165) is 12.1 Å². The van der Waals surface area contributed by atoms with Gasteiger partial charge in [-0.2, -0.15) is 0 Å². The zero-order valence-electron chi connectivity index (χ0n) is 6.53. The number of benzene rings is 1. The van der Waals surface area contributed by atoms with Crippen molar-refractivity contribution in [3.63, 3.8) is 0 Å². The summed E-state index contributed by atoms with van der Waals surface area (Å²) in [5.74, 6) is -0.493. The van der Waals surface area contributed by atoms with Gasteiger partial charge in [0.1, 0.15) is 5.82 Å². The van der Waals surface area contributed by atoms with Crippen molar-refractivity contribution in [3.05, 3.63) is 29.0 Å². The monoisotopic (exact) mass is 209 g/mol. The van der Waals surface area contributed by atoms with Crippen LogP contribution in [0.5, 0.6) is 0 Å². The van der Waals surface area contributed by atoms with Crippen molar-refractivity contribution in [1.29, 1.82) is 0 Å². The molecular weight excluding hydrogens is 203 g/mol. The summed E-state index contributed by atoms with van der Waals surface area (Å²) in [6.45, 7) is -0.495. The van der Waals surface area contributed by atoms with Crippen molar-refractivity contribution >= 4 is 17.3 Å². The molecule has 0 spiro atoms. The third-order valence-corrected chi connectivity index (χ3v) is 1.69. The highest BCUT2D eigenvalue weighted by Gasteiger charge is 2.04. The Labute approximate surface area is 78.5 Å². The van der Waals surface area contributed by atoms with E-state index in [-0.39, 0.29) is 5.02 Å². The van der Waals surface area contributed by atoms with Crippen molar-refractivity contribution in [2.45, 2.75) is 6.43 Å². The van der Waals surface area contributed by atoms with Gasteiger partial charge in [-0.25, -0.2) is 13.2 Å². The molecule has 13 heavy (non-hydrogen) atoms. The highest BCUT2D eigenvalue weighted by molar-refractivity contribution is 6.33. The first-order chi connectivity index (χ1) is 6.09. The van der Waals surface area contributed by atoms with Crippen LogP contribution in [-0.4, -0.2) is 13.0 Å². The quantitative estimate of drug-likeness (QED) is 0.807. The van der Waals surface area contributed by atoms with Crippen molar-refractivity contribution in [2.24, 2.45) is 0 Å². The summed E-state index contributed by atoms with van der Waals surface area (Å²) in [5, 5.41) is 2.49. The molecule has 0 radical (unpaired) electrons. The van der Waals surface area contributed by atoms with Gasteiger partial charge in [0, 0.05) is 0 Å². The van der Waals surface area contributed by atoms with Gasteiger partial charge in [0.05, 0.1) is 17.3 Å². The number of hydrogen-bond acceptors (Lipinski definition) is 1. The molecule has 0 atom stereocenters. The second-order valence-corrected chi connectivity index (χ2v) is 2.80. The second-order valence-electron chi connectivity index (χ2n) is 2.40. The molecule has 1 N–H and O–H groups in total. The Kier molecular flexibility index (Phi) is 3.42. The third kappa shape index (κ3) is 3.14. The molecule has 0 heterocycles. The summed E-state index contributed by atoms with van der Waals surface area (Å²) in [5.41, 5.74) is 0.309. The standard InChI is InChI=1S/C8H7ClF3N/c9-6-3-5(10)1-2-7(6)13-4-8(11)12/h1-3,8,13H,4H2. The number of halogens is 4. The van der Waals surface area contributed by atoms with E-state index in [9.17, 15) is 13.2 Å². The van der Waals surface area contributed by atoms with E-state index < -0.39 is 18.8 Å². The smallest absolute Gasteiger partial charge is 0.255 e. The zero-order chi connectivity index (χ0) is 9.84. The summed E-state index contributed by atoms with van der Waals surface area (Å²) in [6.07, 6.45) is -2.46. The van der Waals surface area contributed by atoms with Crippen molar-refractivity contribution < 1.29 is 13.2 Å². The highest BCUT2D eigenvalue weighted by Crippen LogP contribution is 2.22. The fraction of sp³-hybridized carbons (Fsp3) is 0.250. The molecule has 0 saturated heterocycles. The average Bonchev–Trinajstić information content (AvgIpc) is 2.02. The molecule has 1 nitrogen and oxygen atoms in total. The van der Waals surface area contributed by atoms with E-state index in [1.807, 2.05) is 0 Å². The number of hydrogen-bond donors (Lipinski definition) is 1. The summed E-state index contributed by atoms with van der Waals surface area (Å²) >= 11 is 5.57. The Morgan fingerprint density at radius 3 is 2.62 bits per heavy atom. The predicted molar refractivity (Wildman–Crippen MR) is 45.9 cm³/mol. The van der Waals surface area contributed by atoms with Crippen LogP contribution in [0.4, 0.5) is 18.9 Å². The van der Waals surface area contributed by atoms with E-state index in [2.05, 4.69) is 5.32 Å². The number of rotatable bonds is 3. The Morgan fingerprint density at radius 1 is 1.38 bits per heavy atom. The summed E-state index contributed by atoms with van der Waals surface area (Å²) in [7, 11) is 0. The molecule has 5 heteroatoms.